The lowest BCUT2D eigenvalue weighted by atomic mass is 10.1. The Bertz CT molecular complexity index is 259. The van der Waals surface area contributed by atoms with E-state index >= 15 is 0 Å². The van der Waals surface area contributed by atoms with Gasteiger partial charge in [-0.3, -0.25) is 0 Å². The summed E-state index contributed by atoms with van der Waals surface area (Å²) in [5, 5.41) is 3.48. The first-order valence-corrected chi connectivity index (χ1v) is 6.52. The fraction of sp³-hybridized carbons (Fsp3) is 0.923. The summed E-state index contributed by atoms with van der Waals surface area (Å²) in [7, 11) is 0. The maximum atomic E-state index is 11.9. The number of piperidine rings is 1. The number of ether oxygens (including phenoxy) is 1. The van der Waals surface area contributed by atoms with Crippen LogP contribution < -0.4 is 5.32 Å². The zero-order valence-corrected chi connectivity index (χ0v) is 11.7. The molecule has 1 N–H and O–H groups in total. The summed E-state index contributed by atoms with van der Waals surface area (Å²) in [6, 6.07) is 0.856. The molecule has 1 rings (SSSR count). The molecular formula is C13H26N2O2. The monoisotopic (exact) mass is 242 g/mol. The van der Waals surface area contributed by atoms with E-state index in [2.05, 4.69) is 19.2 Å². The van der Waals surface area contributed by atoms with Crippen molar-refractivity contribution in [3.05, 3.63) is 0 Å². The van der Waals surface area contributed by atoms with Crippen LogP contribution in [0.5, 0.6) is 0 Å². The van der Waals surface area contributed by atoms with Crippen molar-refractivity contribution in [1.29, 1.82) is 0 Å². The molecule has 0 aliphatic carbocycles. The molecule has 1 heterocycles. The third-order valence-corrected chi connectivity index (χ3v) is 2.64. The van der Waals surface area contributed by atoms with Crippen molar-refractivity contribution in [2.45, 2.75) is 65.1 Å². The minimum Gasteiger partial charge on any atom is -0.444 e. The first kappa shape index (κ1) is 14.3. The van der Waals surface area contributed by atoms with Crippen LogP contribution in [0.2, 0.25) is 0 Å². The van der Waals surface area contributed by atoms with Crippen LogP contribution in [0, 0.1) is 0 Å². The number of likely N-dealkylation sites (tertiary alicyclic amines) is 1. The Hall–Kier alpha value is -0.770. The SMILES string of the molecule is CC(C)N[C@H]1CCCN(C(=O)OC(C)(C)C)C1. The van der Waals surface area contributed by atoms with Crippen molar-refractivity contribution in [2.75, 3.05) is 13.1 Å². The maximum absolute atomic E-state index is 11.9. The van der Waals surface area contributed by atoms with Crippen molar-refractivity contribution in [1.82, 2.24) is 10.2 Å². The Morgan fingerprint density at radius 3 is 2.59 bits per heavy atom. The number of nitrogens with one attached hydrogen (secondary N) is 1. The van der Waals surface area contributed by atoms with Crippen LogP contribution in [0.1, 0.15) is 47.5 Å². The Morgan fingerprint density at radius 2 is 2.06 bits per heavy atom. The van der Waals surface area contributed by atoms with E-state index < -0.39 is 5.60 Å². The largest absolute Gasteiger partial charge is 0.444 e. The smallest absolute Gasteiger partial charge is 0.410 e. The highest BCUT2D eigenvalue weighted by Crippen LogP contribution is 2.15. The lowest BCUT2D eigenvalue weighted by Crippen LogP contribution is -2.50. The van der Waals surface area contributed by atoms with Gasteiger partial charge in [-0.1, -0.05) is 13.8 Å². The first-order valence-electron chi connectivity index (χ1n) is 6.52. The molecule has 4 heteroatoms. The standard InChI is InChI=1S/C13H26N2O2/c1-10(2)14-11-7-6-8-15(9-11)12(16)17-13(3,4)5/h10-11,14H,6-9H2,1-5H3/t11-/m0/s1. The van der Waals surface area contributed by atoms with Crippen molar-refractivity contribution >= 4 is 6.09 Å². The third kappa shape index (κ3) is 5.39. The fourth-order valence-corrected chi connectivity index (χ4v) is 2.08. The van der Waals surface area contributed by atoms with Crippen LogP contribution >= 0.6 is 0 Å². The molecular weight excluding hydrogens is 216 g/mol. The molecule has 1 saturated heterocycles. The molecule has 1 aliphatic rings. The van der Waals surface area contributed by atoms with E-state index in [0.717, 1.165) is 25.9 Å². The Morgan fingerprint density at radius 1 is 1.41 bits per heavy atom. The molecule has 1 aliphatic heterocycles. The second-order valence-corrected chi connectivity index (χ2v) is 6.09. The highest BCUT2D eigenvalue weighted by Gasteiger charge is 2.27. The van der Waals surface area contributed by atoms with Gasteiger partial charge in [0.1, 0.15) is 5.60 Å². The van der Waals surface area contributed by atoms with Gasteiger partial charge in [-0.25, -0.2) is 4.79 Å². The van der Waals surface area contributed by atoms with Crippen LogP contribution in [-0.4, -0.2) is 41.8 Å². The van der Waals surface area contributed by atoms with Gasteiger partial charge < -0.3 is 15.0 Å². The fourth-order valence-electron chi connectivity index (χ4n) is 2.08. The van der Waals surface area contributed by atoms with Gasteiger partial charge in [0.15, 0.2) is 0 Å². The van der Waals surface area contributed by atoms with E-state index in [1.54, 1.807) is 0 Å². The van der Waals surface area contributed by atoms with E-state index in [9.17, 15) is 4.79 Å². The lowest BCUT2D eigenvalue weighted by molar-refractivity contribution is 0.0184. The molecule has 0 aromatic carbocycles. The van der Waals surface area contributed by atoms with Crippen molar-refractivity contribution in [2.24, 2.45) is 0 Å². The van der Waals surface area contributed by atoms with Gasteiger partial charge in [0.25, 0.3) is 0 Å². The number of nitrogens with zero attached hydrogens (tertiary/aromatic N) is 1. The second kappa shape index (κ2) is 5.71. The molecule has 17 heavy (non-hydrogen) atoms. The number of carbonyl (C=O) groups excluding carboxylic acids is 1. The average molecular weight is 242 g/mol. The number of hydrogen-bond acceptors (Lipinski definition) is 3. The predicted octanol–water partition coefficient (Wildman–Crippen LogP) is 2.38. The van der Waals surface area contributed by atoms with Gasteiger partial charge >= 0.3 is 6.09 Å². The number of carbonyl (C=O) groups is 1. The molecule has 0 aromatic rings. The maximum Gasteiger partial charge on any atom is 0.410 e. The van der Waals surface area contributed by atoms with E-state index in [1.807, 2.05) is 25.7 Å². The van der Waals surface area contributed by atoms with Gasteiger partial charge in [-0.15, -0.1) is 0 Å². The summed E-state index contributed by atoms with van der Waals surface area (Å²) in [5.74, 6) is 0. The molecule has 1 atom stereocenters. The minimum atomic E-state index is -0.407. The Balaban J connectivity index is 2.46. The second-order valence-electron chi connectivity index (χ2n) is 6.09. The van der Waals surface area contributed by atoms with Gasteiger partial charge in [0, 0.05) is 25.2 Å². The zero-order valence-electron chi connectivity index (χ0n) is 11.7. The molecule has 0 radical (unpaired) electrons. The zero-order chi connectivity index (χ0) is 13.1. The topological polar surface area (TPSA) is 41.6 Å². The lowest BCUT2D eigenvalue weighted by Gasteiger charge is -2.35. The highest BCUT2D eigenvalue weighted by atomic mass is 16.6. The van der Waals surface area contributed by atoms with Crippen molar-refractivity contribution in [3.63, 3.8) is 0 Å². The number of amides is 1. The molecule has 4 nitrogen and oxygen atoms in total. The highest BCUT2D eigenvalue weighted by molar-refractivity contribution is 5.68. The van der Waals surface area contributed by atoms with E-state index in [-0.39, 0.29) is 6.09 Å². The van der Waals surface area contributed by atoms with Gasteiger partial charge in [-0.2, -0.15) is 0 Å². The summed E-state index contributed by atoms with van der Waals surface area (Å²) in [6.45, 7) is 11.5. The summed E-state index contributed by atoms with van der Waals surface area (Å²) in [5.41, 5.74) is -0.407. The van der Waals surface area contributed by atoms with Crippen LogP contribution in [0.15, 0.2) is 0 Å². The normalized spacial score (nSPS) is 21.8. The third-order valence-electron chi connectivity index (χ3n) is 2.64. The minimum absolute atomic E-state index is 0.187. The van der Waals surface area contributed by atoms with E-state index in [0.29, 0.717) is 12.1 Å². The van der Waals surface area contributed by atoms with Gasteiger partial charge in [-0.05, 0) is 33.6 Å². The quantitative estimate of drug-likeness (QED) is 0.808. The van der Waals surface area contributed by atoms with E-state index in [1.165, 1.54) is 0 Å². The summed E-state index contributed by atoms with van der Waals surface area (Å²) < 4.78 is 5.39. The summed E-state index contributed by atoms with van der Waals surface area (Å²) >= 11 is 0. The predicted molar refractivity (Wildman–Crippen MR) is 69.1 cm³/mol. The van der Waals surface area contributed by atoms with Crippen LogP contribution in [0.3, 0.4) is 0 Å². The van der Waals surface area contributed by atoms with Crippen molar-refractivity contribution in [3.8, 4) is 0 Å². The Labute approximate surface area is 105 Å². The average Bonchev–Trinajstić information content (AvgIpc) is 2.14. The van der Waals surface area contributed by atoms with Crippen LogP contribution in [0.25, 0.3) is 0 Å². The van der Waals surface area contributed by atoms with E-state index in [4.69, 9.17) is 4.74 Å². The first-order chi connectivity index (χ1) is 7.78. The van der Waals surface area contributed by atoms with Crippen LogP contribution in [0.4, 0.5) is 4.79 Å². The Kier molecular flexibility index (Phi) is 4.80. The van der Waals surface area contributed by atoms with Crippen molar-refractivity contribution < 1.29 is 9.53 Å². The summed E-state index contributed by atoms with van der Waals surface area (Å²) in [6.07, 6.45) is 1.99. The molecule has 0 unspecified atom stereocenters. The molecule has 0 bridgehead atoms. The number of hydrogen-bond donors (Lipinski definition) is 1. The van der Waals surface area contributed by atoms with Gasteiger partial charge in [0.2, 0.25) is 0 Å². The molecule has 100 valence electrons. The van der Waals surface area contributed by atoms with Gasteiger partial charge in [0.05, 0.1) is 0 Å². The molecule has 1 amide bonds. The van der Waals surface area contributed by atoms with Crippen LogP contribution in [-0.2, 0) is 4.74 Å². The molecule has 0 spiro atoms. The molecule has 1 fully saturated rings. The molecule has 0 aromatic heterocycles. The molecule has 0 saturated carbocycles. The summed E-state index contributed by atoms with van der Waals surface area (Å²) in [4.78, 5) is 13.7. The number of rotatable bonds is 2.